The minimum Gasteiger partial charge on any atom is -0.340 e. The maximum atomic E-state index is 13.9. The summed E-state index contributed by atoms with van der Waals surface area (Å²) in [4.78, 5) is 31.2. The van der Waals surface area contributed by atoms with E-state index < -0.39 is 17.7 Å². The van der Waals surface area contributed by atoms with Crippen molar-refractivity contribution < 1.29 is 18.4 Å². The molecule has 8 nitrogen and oxygen atoms in total. The Bertz CT molecular complexity index is 1240. The van der Waals surface area contributed by atoms with Crippen LogP contribution in [0.3, 0.4) is 0 Å². The molecule has 0 radical (unpaired) electrons. The molecule has 2 aromatic heterocycles. The van der Waals surface area contributed by atoms with Gasteiger partial charge in [0.1, 0.15) is 11.5 Å². The summed E-state index contributed by atoms with van der Waals surface area (Å²) in [5.41, 5.74) is 0.322. The number of hydrogen-bond acceptors (Lipinski definition) is 5. The molecule has 1 N–H and O–H groups in total. The molecule has 1 unspecified atom stereocenters. The zero-order valence-electron chi connectivity index (χ0n) is 19.5. The Kier molecular flexibility index (Phi) is 7.28. The van der Waals surface area contributed by atoms with Gasteiger partial charge in [-0.3, -0.25) is 14.6 Å². The number of benzene rings is 1. The van der Waals surface area contributed by atoms with Gasteiger partial charge in [0.15, 0.2) is 17.5 Å². The molecular weight excluding hydrogens is 454 g/mol. The summed E-state index contributed by atoms with van der Waals surface area (Å²) in [6.45, 7) is 5.18. The summed E-state index contributed by atoms with van der Waals surface area (Å²) >= 11 is 0. The summed E-state index contributed by atoms with van der Waals surface area (Å²) in [6.07, 6.45) is 4.55. The fourth-order valence-corrected chi connectivity index (χ4v) is 3.95. The van der Waals surface area contributed by atoms with Gasteiger partial charge in [-0.1, -0.05) is 32.0 Å². The molecule has 3 heterocycles. The van der Waals surface area contributed by atoms with Gasteiger partial charge in [0.2, 0.25) is 5.91 Å². The van der Waals surface area contributed by atoms with E-state index in [1.165, 1.54) is 24.3 Å². The maximum absolute atomic E-state index is 13.9. The first-order valence-corrected chi connectivity index (χ1v) is 11.4. The van der Waals surface area contributed by atoms with Crippen LogP contribution in [-0.2, 0) is 17.8 Å². The monoisotopic (exact) mass is 480 g/mol. The molecule has 0 saturated carbocycles. The summed E-state index contributed by atoms with van der Waals surface area (Å²) in [6, 6.07) is 8.56. The number of nitrogens with one attached hydrogen (secondary N) is 1. The fourth-order valence-electron chi connectivity index (χ4n) is 3.95. The maximum Gasteiger partial charge on any atom is 0.270 e. The van der Waals surface area contributed by atoms with Crippen molar-refractivity contribution in [1.29, 1.82) is 0 Å². The van der Waals surface area contributed by atoms with Crippen molar-refractivity contribution >= 4 is 17.9 Å². The first-order valence-electron chi connectivity index (χ1n) is 11.4. The third-order valence-electron chi connectivity index (χ3n) is 5.88. The van der Waals surface area contributed by atoms with Crippen molar-refractivity contribution in [3.8, 4) is 0 Å². The van der Waals surface area contributed by atoms with Crippen LogP contribution in [-0.4, -0.2) is 49.6 Å². The molecule has 1 aliphatic rings. The van der Waals surface area contributed by atoms with Crippen molar-refractivity contribution in [2.24, 2.45) is 5.92 Å². The van der Waals surface area contributed by atoms with Gasteiger partial charge in [0, 0.05) is 43.9 Å². The van der Waals surface area contributed by atoms with E-state index in [0.29, 0.717) is 43.4 Å². The van der Waals surface area contributed by atoms with Crippen molar-refractivity contribution in [2.45, 2.75) is 32.9 Å². The quantitative estimate of drug-likeness (QED) is 0.547. The molecule has 3 aromatic rings. The second kappa shape index (κ2) is 10.5. The van der Waals surface area contributed by atoms with Crippen LogP contribution in [0.2, 0.25) is 0 Å². The summed E-state index contributed by atoms with van der Waals surface area (Å²) in [5.74, 6) is -1.20. The number of amides is 2. The van der Waals surface area contributed by atoms with E-state index in [0.717, 1.165) is 6.07 Å². The van der Waals surface area contributed by atoms with Crippen LogP contribution in [0.15, 0.2) is 48.7 Å². The van der Waals surface area contributed by atoms with Crippen molar-refractivity contribution in [3.63, 3.8) is 0 Å². The zero-order chi connectivity index (χ0) is 24.9. The molecule has 1 aromatic carbocycles. The van der Waals surface area contributed by atoms with E-state index in [1.807, 2.05) is 18.4 Å². The first kappa shape index (κ1) is 24.2. The van der Waals surface area contributed by atoms with Gasteiger partial charge in [-0.25, -0.2) is 8.78 Å². The third kappa shape index (κ3) is 5.42. The predicted octanol–water partition coefficient (Wildman–Crippen LogP) is 3.18. The topological polar surface area (TPSA) is 93.0 Å². The number of carbonyl (C=O) groups is 2. The van der Waals surface area contributed by atoms with Crippen molar-refractivity contribution in [3.05, 3.63) is 83.2 Å². The Labute approximate surface area is 201 Å². The van der Waals surface area contributed by atoms with Gasteiger partial charge in [-0.05, 0) is 30.2 Å². The average Bonchev–Trinajstić information content (AvgIpc) is 3.13. The highest BCUT2D eigenvalue weighted by molar-refractivity contribution is 5.92. The zero-order valence-corrected chi connectivity index (χ0v) is 19.5. The summed E-state index contributed by atoms with van der Waals surface area (Å²) in [5, 5.41) is 11.7. The molecule has 0 aliphatic carbocycles. The van der Waals surface area contributed by atoms with E-state index in [9.17, 15) is 18.4 Å². The highest BCUT2D eigenvalue weighted by atomic mass is 19.2. The molecule has 4 rings (SSSR count). The number of pyridine rings is 1. The van der Waals surface area contributed by atoms with Crippen LogP contribution in [0, 0.1) is 17.6 Å². The molecule has 1 atom stereocenters. The lowest BCUT2D eigenvalue weighted by atomic mass is 10.0. The number of fused-ring (bicyclic) bond motifs is 1. The van der Waals surface area contributed by atoms with Crippen LogP contribution in [0.4, 0.5) is 8.78 Å². The fraction of sp³-hybridized carbons (Fsp3) is 0.320. The van der Waals surface area contributed by atoms with Crippen molar-refractivity contribution in [1.82, 2.24) is 30.0 Å². The number of carbonyl (C=O) groups excluding carboxylic acids is 2. The van der Waals surface area contributed by atoms with Gasteiger partial charge in [-0.2, -0.15) is 0 Å². The lowest BCUT2D eigenvalue weighted by Crippen LogP contribution is -2.35. The summed E-state index contributed by atoms with van der Waals surface area (Å²) in [7, 11) is 0. The molecule has 182 valence electrons. The molecule has 0 fully saturated rings. The number of nitrogens with zero attached hydrogens (tertiary/aromatic N) is 5. The smallest absolute Gasteiger partial charge is 0.270 e. The first-order chi connectivity index (χ1) is 16.8. The van der Waals surface area contributed by atoms with Crippen LogP contribution >= 0.6 is 0 Å². The lowest BCUT2D eigenvalue weighted by Gasteiger charge is -2.23. The number of aromatic nitrogens is 4. The molecule has 10 heteroatoms. The molecule has 0 bridgehead atoms. The Hall–Kier alpha value is -3.95. The Morgan fingerprint density at radius 2 is 1.89 bits per heavy atom. The van der Waals surface area contributed by atoms with E-state index >= 15 is 0 Å². The molecular formula is C25H26F2N6O2. The largest absolute Gasteiger partial charge is 0.340 e. The minimum absolute atomic E-state index is 0.0102. The van der Waals surface area contributed by atoms with E-state index in [4.69, 9.17) is 0 Å². The average molecular weight is 481 g/mol. The van der Waals surface area contributed by atoms with Crippen LogP contribution in [0.5, 0.6) is 0 Å². The normalized spacial score (nSPS) is 14.6. The Morgan fingerprint density at radius 3 is 2.63 bits per heavy atom. The lowest BCUT2D eigenvalue weighted by molar-refractivity contribution is -0.125. The highest BCUT2D eigenvalue weighted by Crippen LogP contribution is 2.23. The second-order valence-electron chi connectivity index (χ2n) is 8.59. The number of hydrogen-bond donors (Lipinski definition) is 1. The molecule has 35 heavy (non-hydrogen) atoms. The van der Waals surface area contributed by atoms with E-state index in [1.54, 1.807) is 29.3 Å². The van der Waals surface area contributed by atoms with Gasteiger partial charge < -0.3 is 14.8 Å². The van der Waals surface area contributed by atoms with Gasteiger partial charge in [0.25, 0.3) is 5.91 Å². The van der Waals surface area contributed by atoms with Crippen LogP contribution in [0.25, 0.3) is 6.08 Å². The van der Waals surface area contributed by atoms with Gasteiger partial charge >= 0.3 is 0 Å². The van der Waals surface area contributed by atoms with Crippen LogP contribution in [0.1, 0.15) is 47.6 Å². The van der Waals surface area contributed by atoms with Gasteiger partial charge in [-0.15, -0.1) is 10.2 Å². The van der Waals surface area contributed by atoms with Crippen molar-refractivity contribution in [2.75, 3.05) is 13.1 Å². The predicted molar refractivity (Wildman–Crippen MR) is 125 cm³/mol. The molecule has 2 amide bonds. The number of halogens is 2. The van der Waals surface area contributed by atoms with E-state index in [2.05, 4.69) is 20.5 Å². The second-order valence-corrected chi connectivity index (χ2v) is 8.59. The van der Waals surface area contributed by atoms with Gasteiger partial charge in [0.05, 0.1) is 6.04 Å². The Balaban J connectivity index is 1.47. The number of rotatable bonds is 6. The SMILES string of the molecule is CC(C)C(NC(=O)c1ccccn1)c1nnc2n1CCN(C(=O)C=Cc1cccc(F)c1F)CC2. The molecule has 0 spiro atoms. The molecule has 0 saturated heterocycles. The van der Waals surface area contributed by atoms with E-state index in [-0.39, 0.29) is 23.3 Å². The summed E-state index contributed by atoms with van der Waals surface area (Å²) < 4.78 is 29.2. The Morgan fingerprint density at radius 1 is 1.06 bits per heavy atom. The standard InChI is InChI=1S/C25H26F2N6O2/c1-16(2)23(29-25(35)19-8-3-4-12-28-19)24-31-30-20-11-13-32(14-15-33(20)24)21(34)10-9-17-6-5-7-18(26)22(17)27/h3-10,12,16,23H,11,13-15H2,1-2H3,(H,29,35). The third-order valence-corrected chi connectivity index (χ3v) is 5.88. The minimum atomic E-state index is -0.990. The van der Waals surface area contributed by atoms with Crippen LogP contribution < -0.4 is 5.32 Å². The highest BCUT2D eigenvalue weighted by Gasteiger charge is 2.28. The molecule has 1 aliphatic heterocycles.